The zero-order chi connectivity index (χ0) is 16.2. The quantitative estimate of drug-likeness (QED) is 0.889. The van der Waals surface area contributed by atoms with Gasteiger partial charge in [-0.15, -0.1) is 0 Å². The highest BCUT2D eigenvalue weighted by atomic mass is 16.1. The topological polar surface area (TPSA) is 68.0 Å². The molecule has 2 aromatic rings. The molecular formula is C16H24N6O. The van der Waals surface area contributed by atoms with Crippen molar-refractivity contribution in [2.75, 3.05) is 18.0 Å². The molecule has 124 valence electrons. The summed E-state index contributed by atoms with van der Waals surface area (Å²) in [5, 5.41) is 7.40. The highest BCUT2D eigenvalue weighted by molar-refractivity contribution is 5.76. The van der Waals surface area contributed by atoms with Gasteiger partial charge in [-0.3, -0.25) is 9.48 Å². The molecule has 0 bridgehead atoms. The standard InChI is InChI=1S/C16H24N6O/c1-20-12-17-10-14(20)5-6-15(23)19-13-4-3-9-22(11-13)16-7-8-18-21(16)2/h7-8,10,12-13H,3-6,9,11H2,1-2H3,(H,19,23)/t13-/m0/s1. The summed E-state index contributed by atoms with van der Waals surface area (Å²) < 4.78 is 3.84. The van der Waals surface area contributed by atoms with Crippen LogP contribution in [0.4, 0.5) is 5.82 Å². The molecule has 1 N–H and O–H groups in total. The number of amides is 1. The maximum absolute atomic E-state index is 12.2. The van der Waals surface area contributed by atoms with Gasteiger partial charge in [-0.05, 0) is 19.3 Å². The minimum absolute atomic E-state index is 0.114. The minimum atomic E-state index is 0.114. The first-order valence-electron chi connectivity index (χ1n) is 8.11. The fourth-order valence-corrected chi connectivity index (χ4v) is 3.15. The van der Waals surface area contributed by atoms with Gasteiger partial charge in [-0.25, -0.2) is 4.98 Å². The van der Waals surface area contributed by atoms with Gasteiger partial charge in [0, 0.05) is 57.6 Å². The average molecular weight is 316 g/mol. The van der Waals surface area contributed by atoms with E-state index in [4.69, 9.17) is 0 Å². The Morgan fingerprint density at radius 3 is 3.00 bits per heavy atom. The smallest absolute Gasteiger partial charge is 0.220 e. The second-order valence-electron chi connectivity index (χ2n) is 6.16. The van der Waals surface area contributed by atoms with Gasteiger partial charge in [0.2, 0.25) is 5.91 Å². The van der Waals surface area contributed by atoms with E-state index in [2.05, 4.69) is 20.3 Å². The summed E-state index contributed by atoms with van der Waals surface area (Å²) in [6.07, 6.45) is 8.73. The normalized spacial score (nSPS) is 18.2. The van der Waals surface area contributed by atoms with Crippen molar-refractivity contribution in [3.05, 3.63) is 30.5 Å². The molecule has 3 heterocycles. The van der Waals surface area contributed by atoms with Crippen LogP contribution < -0.4 is 10.2 Å². The molecule has 2 aromatic heterocycles. The molecule has 0 saturated carbocycles. The van der Waals surface area contributed by atoms with Crippen molar-refractivity contribution < 1.29 is 4.79 Å². The monoisotopic (exact) mass is 316 g/mol. The van der Waals surface area contributed by atoms with Gasteiger partial charge in [0.05, 0.1) is 12.5 Å². The van der Waals surface area contributed by atoms with Crippen LogP contribution in [0.1, 0.15) is 25.0 Å². The van der Waals surface area contributed by atoms with Crippen LogP contribution in [0.25, 0.3) is 0 Å². The number of imidazole rings is 1. The predicted molar refractivity (Wildman–Crippen MR) is 88.1 cm³/mol. The summed E-state index contributed by atoms with van der Waals surface area (Å²) in [5.74, 6) is 1.22. The van der Waals surface area contributed by atoms with Crippen molar-refractivity contribution >= 4 is 11.7 Å². The Labute approximate surface area is 136 Å². The Hall–Kier alpha value is -2.31. The zero-order valence-electron chi connectivity index (χ0n) is 13.8. The number of hydrogen-bond acceptors (Lipinski definition) is 4. The number of aryl methyl sites for hydroxylation is 3. The van der Waals surface area contributed by atoms with Gasteiger partial charge < -0.3 is 14.8 Å². The third-order valence-corrected chi connectivity index (χ3v) is 4.43. The molecular weight excluding hydrogens is 292 g/mol. The molecule has 0 radical (unpaired) electrons. The van der Waals surface area contributed by atoms with E-state index in [1.165, 1.54) is 0 Å². The molecule has 1 amide bonds. The number of nitrogens with one attached hydrogen (secondary N) is 1. The van der Waals surface area contributed by atoms with E-state index in [0.29, 0.717) is 6.42 Å². The second kappa shape index (κ2) is 6.85. The van der Waals surface area contributed by atoms with Crippen LogP contribution in [0.3, 0.4) is 0 Å². The second-order valence-corrected chi connectivity index (χ2v) is 6.16. The molecule has 7 nitrogen and oxygen atoms in total. The maximum Gasteiger partial charge on any atom is 0.220 e. The van der Waals surface area contributed by atoms with E-state index in [9.17, 15) is 4.79 Å². The molecule has 0 spiro atoms. The van der Waals surface area contributed by atoms with Crippen molar-refractivity contribution in [2.24, 2.45) is 14.1 Å². The van der Waals surface area contributed by atoms with Crippen molar-refractivity contribution in [3.63, 3.8) is 0 Å². The molecule has 23 heavy (non-hydrogen) atoms. The third kappa shape index (κ3) is 3.72. The summed E-state index contributed by atoms with van der Waals surface area (Å²) in [7, 11) is 3.90. The molecule has 7 heteroatoms. The third-order valence-electron chi connectivity index (χ3n) is 4.43. The molecule has 0 aliphatic carbocycles. The minimum Gasteiger partial charge on any atom is -0.355 e. The first kappa shape index (κ1) is 15.6. The maximum atomic E-state index is 12.2. The summed E-state index contributed by atoms with van der Waals surface area (Å²) in [6.45, 7) is 1.86. The summed E-state index contributed by atoms with van der Waals surface area (Å²) in [6, 6.07) is 2.23. The van der Waals surface area contributed by atoms with Crippen LogP contribution in [-0.4, -0.2) is 44.4 Å². The van der Waals surface area contributed by atoms with Crippen molar-refractivity contribution in [1.29, 1.82) is 0 Å². The fourth-order valence-electron chi connectivity index (χ4n) is 3.15. The van der Waals surface area contributed by atoms with Crippen molar-refractivity contribution in [2.45, 2.75) is 31.7 Å². The van der Waals surface area contributed by atoms with Gasteiger partial charge in [-0.1, -0.05) is 0 Å². The molecule has 1 saturated heterocycles. The first-order chi connectivity index (χ1) is 11.1. The Bertz CT molecular complexity index is 661. The van der Waals surface area contributed by atoms with Crippen LogP contribution in [0.5, 0.6) is 0 Å². The lowest BCUT2D eigenvalue weighted by atomic mass is 10.1. The number of carbonyl (C=O) groups excluding carboxylic acids is 1. The lowest BCUT2D eigenvalue weighted by molar-refractivity contribution is -0.121. The van der Waals surface area contributed by atoms with Crippen molar-refractivity contribution in [3.8, 4) is 0 Å². The van der Waals surface area contributed by atoms with E-state index in [-0.39, 0.29) is 11.9 Å². The lowest BCUT2D eigenvalue weighted by Gasteiger charge is -2.34. The number of aromatic nitrogens is 4. The first-order valence-corrected chi connectivity index (χ1v) is 8.11. The molecule has 1 fully saturated rings. The van der Waals surface area contributed by atoms with Crippen LogP contribution in [0.2, 0.25) is 0 Å². The van der Waals surface area contributed by atoms with E-state index in [0.717, 1.165) is 43.9 Å². The number of rotatable bonds is 5. The Morgan fingerprint density at radius 2 is 2.30 bits per heavy atom. The highest BCUT2D eigenvalue weighted by Gasteiger charge is 2.23. The van der Waals surface area contributed by atoms with E-state index in [1.807, 2.05) is 41.8 Å². The molecule has 1 aliphatic rings. The van der Waals surface area contributed by atoms with Crippen molar-refractivity contribution in [1.82, 2.24) is 24.6 Å². The average Bonchev–Trinajstić information content (AvgIpc) is 3.14. The predicted octanol–water partition coefficient (Wildman–Crippen LogP) is 0.871. The summed E-state index contributed by atoms with van der Waals surface area (Å²) in [4.78, 5) is 18.6. The van der Waals surface area contributed by atoms with Crippen LogP contribution in [-0.2, 0) is 25.3 Å². The molecule has 1 aliphatic heterocycles. The van der Waals surface area contributed by atoms with Gasteiger partial charge in [-0.2, -0.15) is 5.10 Å². The Morgan fingerprint density at radius 1 is 1.43 bits per heavy atom. The number of carbonyl (C=O) groups is 1. The number of anilines is 1. The van der Waals surface area contributed by atoms with Crippen LogP contribution >= 0.6 is 0 Å². The molecule has 0 aromatic carbocycles. The fraction of sp³-hybridized carbons (Fsp3) is 0.562. The largest absolute Gasteiger partial charge is 0.355 e. The van der Waals surface area contributed by atoms with Gasteiger partial charge >= 0.3 is 0 Å². The van der Waals surface area contributed by atoms with Gasteiger partial charge in [0.1, 0.15) is 5.82 Å². The SMILES string of the molecule is Cn1cncc1CCC(=O)N[C@H]1CCCN(c2ccnn2C)C1. The van der Waals surface area contributed by atoms with Gasteiger partial charge in [0.15, 0.2) is 0 Å². The number of hydrogen-bond donors (Lipinski definition) is 1. The molecule has 1 atom stereocenters. The summed E-state index contributed by atoms with van der Waals surface area (Å²) in [5.41, 5.74) is 1.08. The molecule has 0 unspecified atom stereocenters. The van der Waals surface area contributed by atoms with Crippen LogP contribution in [0, 0.1) is 0 Å². The highest BCUT2D eigenvalue weighted by Crippen LogP contribution is 2.18. The summed E-state index contributed by atoms with van der Waals surface area (Å²) >= 11 is 0. The van der Waals surface area contributed by atoms with E-state index in [1.54, 1.807) is 6.33 Å². The number of nitrogens with zero attached hydrogens (tertiary/aromatic N) is 5. The van der Waals surface area contributed by atoms with E-state index < -0.39 is 0 Å². The Balaban J connectivity index is 1.50. The Kier molecular flexibility index (Phi) is 4.64. The van der Waals surface area contributed by atoms with E-state index >= 15 is 0 Å². The zero-order valence-corrected chi connectivity index (χ0v) is 13.8. The van der Waals surface area contributed by atoms with Gasteiger partial charge in [0.25, 0.3) is 0 Å². The van der Waals surface area contributed by atoms with Crippen LogP contribution in [0.15, 0.2) is 24.8 Å². The lowest BCUT2D eigenvalue weighted by Crippen LogP contribution is -2.48. The molecule has 3 rings (SSSR count). The number of piperidine rings is 1.